The number of hydrogen-bond acceptors (Lipinski definition) is 3. The summed E-state index contributed by atoms with van der Waals surface area (Å²) in [6, 6.07) is 11.7. The van der Waals surface area contributed by atoms with Crippen LogP contribution < -0.4 is 15.8 Å². The monoisotopic (exact) mass is 350 g/mol. The first-order valence-corrected chi connectivity index (χ1v) is 7.22. The fourth-order valence-corrected chi connectivity index (χ4v) is 2.64. The molecule has 0 unspecified atom stereocenters. The second kappa shape index (κ2) is 6.24. The van der Waals surface area contributed by atoms with E-state index in [0.717, 1.165) is 32.7 Å². The van der Waals surface area contributed by atoms with Crippen LogP contribution in [-0.2, 0) is 0 Å². The van der Waals surface area contributed by atoms with Crippen LogP contribution in [0, 0.1) is 6.92 Å². The van der Waals surface area contributed by atoms with Crippen molar-refractivity contribution in [2.75, 3.05) is 12.4 Å². The molecule has 0 fully saturated rings. The van der Waals surface area contributed by atoms with Crippen molar-refractivity contribution >= 4 is 44.5 Å². The average molecular weight is 351 g/mol. The predicted molar refractivity (Wildman–Crippen MR) is 91.0 cm³/mol. The van der Waals surface area contributed by atoms with Crippen molar-refractivity contribution in [2.24, 2.45) is 5.73 Å². The highest BCUT2D eigenvalue weighted by molar-refractivity contribution is 9.10. The molecule has 0 heterocycles. The molecular formula is C15H15BrN2OS. The Morgan fingerprint density at radius 3 is 2.55 bits per heavy atom. The van der Waals surface area contributed by atoms with Crippen molar-refractivity contribution in [3.05, 3.63) is 52.0 Å². The van der Waals surface area contributed by atoms with Gasteiger partial charge in [-0.2, -0.15) is 0 Å². The van der Waals surface area contributed by atoms with Gasteiger partial charge in [0.2, 0.25) is 0 Å². The SMILES string of the molecule is COc1cc(Br)cc(Nc2ccc(C(N)=S)c(C)c2)c1. The molecule has 0 amide bonds. The Bertz CT molecular complexity index is 658. The molecule has 0 aliphatic rings. The third-order valence-electron chi connectivity index (χ3n) is 2.89. The van der Waals surface area contributed by atoms with E-state index in [1.165, 1.54) is 0 Å². The first-order valence-electron chi connectivity index (χ1n) is 6.01. The molecule has 0 bridgehead atoms. The van der Waals surface area contributed by atoms with Crippen molar-refractivity contribution in [1.29, 1.82) is 0 Å². The summed E-state index contributed by atoms with van der Waals surface area (Å²) in [6.45, 7) is 1.99. The smallest absolute Gasteiger partial charge is 0.122 e. The molecule has 0 aliphatic heterocycles. The average Bonchev–Trinajstić information content (AvgIpc) is 2.37. The Morgan fingerprint density at radius 2 is 1.95 bits per heavy atom. The van der Waals surface area contributed by atoms with Crippen molar-refractivity contribution in [2.45, 2.75) is 6.92 Å². The van der Waals surface area contributed by atoms with Crippen molar-refractivity contribution in [1.82, 2.24) is 0 Å². The number of rotatable bonds is 4. The van der Waals surface area contributed by atoms with Crippen LogP contribution >= 0.6 is 28.1 Å². The maximum atomic E-state index is 5.66. The van der Waals surface area contributed by atoms with Crippen molar-refractivity contribution in [3.8, 4) is 5.75 Å². The molecule has 0 spiro atoms. The van der Waals surface area contributed by atoms with E-state index < -0.39 is 0 Å². The van der Waals surface area contributed by atoms with Gasteiger partial charge in [-0.15, -0.1) is 0 Å². The van der Waals surface area contributed by atoms with Crippen LogP contribution in [0.2, 0.25) is 0 Å². The summed E-state index contributed by atoms with van der Waals surface area (Å²) in [5.74, 6) is 0.790. The van der Waals surface area contributed by atoms with Gasteiger partial charge in [-0.25, -0.2) is 0 Å². The lowest BCUT2D eigenvalue weighted by Crippen LogP contribution is -2.11. The van der Waals surface area contributed by atoms with E-state index in [2.05, 4.69) is 21.2 Å². The molecule has 2 rings (SSSR count). The molecule has 3 nitrogen and oxygen atoms in total. The molecular weight excluding hydrogens is 336 g/mol. The largest absolute Gasteiger partial charge is 0.497 e. The van der Waals surface area contributed by atoms with E-state index in [1.54, 1.807) is 7.11 Å². The molecule has 0 atom stereocenters. The summed E-state index contributed by atoms with van der Waals surface area (Å²) < 4.78 is 6.20. The molecule has 2 aromatic carbocycles. The van der Waals surface area contributed by atoms with E-state index in [0.29, 0.717) is 4.99 Å². The zero-order valence-corrected chi connectivity index (χ0v) is 13.6. The first-order chi connectivity index (χ1) is 9.49. The summed E-state index contributed by atoms with van der Waals surface area (Å²) in [5, 5.41) is 3.33. The molecule has 0 aliphatic carbocycles. The number of nitrogens with one attached hydrogen (secondary N) is 1. The molecule has 0 saturated heterocycles. The lowest BCUT2D eigenvalue weighted by atomic mass is 10.1. The zero-order chi connectivity index (χ0) is 14.7. The lowest BCUT2D eigenvalue weighted by Gasteiger charge is -2.11. The van der Waals surface area contributed by atoms with Gasteiger partial charge in [-0.05, 0) is 42.8 Å². The van der Waals surface area contributed by atoms with E-state index >= 15 is 0 Å². The standard InChI is InChI=1S/C15H15BrN2OS/c1-9-5-11(3-4-14(9)15(17)20)18-12-6-10(16)7-13(8-12)19-2/h3-8,18H,1-2H3,(H2,17,20). The fourth-order valence-electron chi connectivity index (χ4n) is 1.94. The molecule has 0 aromatic heterocycles. The molecule has 0 radical (unpaired) electrons. The van der Waals surface area contributed by atoms with Crippen LogP contribution in [0.3, 0.4) is 0 Å². The minimum atomic E-state index is 0.415. The summed E-state index contributed by atoms with van der Waals surface area (Å²) in [6.07, 6.45) is 0. The van der Waals surface area contributed by atoms with Gasteiger partial charge in [0, 0.05) is 27.5 Å². The third-order valence-corrected chi connectivity index (χ3v) is 3.57. The summed E-state index contributed by atoms with van der Waals surface area (Å²) in [4.78, 5) is 0.415. The van der Waals surface area contributed by atoms with Gasteiger partial charge < -0.3 is 15.8 Å². The summed E-state index contributed by atoms with van der Waals surface area (Å²) in [5.41, 5.74) is 9.53. The highest BCUT2D eigenvalue weighted by Crippen LogP contribution is 2.27. The zero-order valence-electron chi connectivity index (χ0n) is 11.2. The number of aryl methyl sites for hydroxylation is 1. The van der Waals surface area contributed by atoms with E-state index in [9.17, 15) is 0 Å². The molecule has 2 aromatic rings. The van der Waals surface area contributed by atoms with Crippen LogP contribution in [0.1, 0.15) is 11.1 Å². The van der Waals surface area contributed by atoms with E-state index in [-0.39, 0.29) is 0 Å². The normalized spacial score (nSPS) is 10.2. The molecule has 3 N–H and O–H groups in total. The molecule has 0 saturated carbocycles. The van der Waals surface area contributed by atoms with E-state index in [4.69, 9.17) is 22.7 Å². The number of anilines is 2. The summed E-state index contributed by atoms with van der Waals surface area (Å²) >= 11 is 8.47. The highest BCUT2D eigenvalue weighted by Gasteiger charge is 2.04. The van der Waals surface area contributed by atoms with Gasteiger partial charge >= 0.3 is 0 Å². The van der Waals surface area contributed by atoms with Crippen molar-refractivity contribution in [3.63, 3.8) is 0 Å². The van der Waals surface area contributed by atoms with E-state index in [1.807, 2.05) is 43.3 Å². The number of methoxy groups -OCH3 is 1. The Morgan fingerprint density at radius 1 is 1.20 bits per heavy atom. The van der Waals surface area contributed by atoms with Crippen LogP contribution in [0.5, 0.6) is 5.75 Å². The van der Waals surface area contributed by atoms with Gasteiger partial charge in [-0.1, -0.05) is 28.1 Å². The fraction of sp³-hybridized carbons (Fsp3) is 0.133. The van der Waals surface area contributed by atoms with Crippen LogP contribution in [0.15, 0.2) is 40.9 Å². The Kier molecular flexibility index (Phi) is 4.62. The minimum Gasteiger partial charge on any atom is -0.497 e. The van der Waals surface area contributed by atoms with Gasteiger partial charge in [0.1, 0.15) is 10.7 Å². The number of nitrogens with two attached hydrogens (primary N) is 1. The lowest BCUT2D eigenvalue weighted by molar-refractivity contribution is 0.415. The Hall–Kier alpha value is -1.59. The van der Waals surface area contributed by atoms with Crippen LogP contribution in [-0.4, -0.2) is 12.1 Å². The second-order valence-corrected chi connectivity index (χ2v) is 5.75. The quantitative estimate of drug-likeness (QED) is 0.813. The van der Waals surface area contributed by atoms with Crippen LogP contribution in [0.25, 0.3) is 0 Å². The molecule has 5 heteroatoms. The molecule has 104 valence electrons. The van der Waals surface area contributed by atoms with Gasteiger partial charge in [0.05, 0.1) is 7.11 Å². The summed E-state index contributed by atoms with van der Waals surface area (Å²) in [7, 11) is 1.65. The highest BCUT2D eigenvalue weighted by atomic mass is 79.9. The second-order valence-electron chi connectivity index (χ2n) is 4.40. The first kappa shape index (κ1) is 14.8. The van der Waals surface area contributed by atoms with Crippen LogP contribution in [0.4, 0.5) is 11.4 Å². The number of hydrogen-bond donors (Lipinski definition) is 2. The Balaban J connectivity index is 2.28. The Labute approximate surface area is 132 Å². The maximum Gasteiger partial charge on any atom is 0.122 e. The third kappa shape index (κ3) is 3.49. The maximum absolute atomic E-state index is 5.66. The number of ether oxygens (including phenoxy) is 1. The van der Waals surface area contributed by atoms with Gasteiger partial charge in [0.25, 0.3) is 0 Å². The number of benzene rings is 2. The predicted octanol–water partition coefficient (Wildman–Crippen LogP) is 4.14. The topological polar surface area (TPSA) is 47.3 Å². The number of halogens is 1. The number of thiocarbonyl (C=S) groups is 1. The van der Waals surface area contributed by atoms with Crippen molar-refractivity contribution < 1.29 is 4.74 Å². The van der Waals surface area contributed by atoms with Gasteiger partial charge in [-0.3, -0.25) is 0 Å². The van der Waals surface area contributed by atoms with Gasteiger partial charge in [0.15, 0.2) is 0 Å². The molecule has 20 heavy (non-hydrogen) atoms. The minimum absolute atomic E-state index is 0.415.